The minimum Gasteiger partial charge on any atom is -0.398 e. The predicted molar refractivity (Wildman–Crippen MR) is 83.3 cm³/mol. The highest BCUT2D eigenvalue weighted by Gasteiger charge is 2.19. The van der Waals surface area contributed by atoms with Gasteiger partial charge in [-0.1, -0.05) is 11.6 Å². The molecule has 0 spiro atoms. The number of anilines is 2. The molecule has 1 aromatic heterocycles. The molecule has 3 N–H and O–H groups in total. The van der Waals surface area contributed by atoms with E-state index in [9.17, 15) is 8.42 Å². The van der Waals surface area contributed by atoms with Crippen LogP contribution in [0.3, 0.4) is 0 Å². The molecule has 108 valence electrons. The molecule has 21 heavy (non-hydrogen) atoms. The van der Waals surface area contributed by atoms with E-state index in [0.717, 1.165) is 0 Å². The zero-order chi connectivity index (χ0) is 15.6. The average Bonchev–Trinajstić information content (AvgIpc) is 2.42. The number of sulfonamides is 1. The Balaban J connectivity index is 2.44. The highest BCUT2D eigenvalue weighted by atomic mass is 79.9. The number of benzene rings is 1. The summed E-state index contributed by atoms with van der Waals surface area (Å²) in [4.78, 5) is 3.68. The minimum absolute atomic E-state index is 0.00833. The van der Waals surface area contributed by atoms with Crippen molar-refractivity contribution in [3.8, 4) is 6.07 Å². The molecule has 9 heteroatoms. The van der Waals surface area contributed by atoms with Crippen LogP contribution in [0.5, 0.6) is 0 Å². The predicted octanol–water partition coefficient (Wildman–Crippen LogP) is 2.75. The number of nitriles is 1. The maximum Gasteiger partial charge on any atom is 0.264 e. The Kier molecular flexibility index (Phi) is 4.37. The molecule has 6 nitrogen and oxygen atoms in total. The summed E-state index contributed by atoms with van der Waals surface area (Å²) in [6, 6.07) is 7.27. The Morgan fingerprint density at radius 3 is 2.71 bits per heavy atom. The number of aromatic nitrogens is 1. The molecule has 0 radical (unpaired) electrons. The molecule has 2 rings (SSSR count). The highest BCUT2D eigenvalue weighted by molar-refractivity contribution is 9.10. The van der Waals surface area contributed by atoms with E-state index >= 15 is 0 Å². The van der Waals surface area contributed by atoms with E-state index in [1.54, 1.807) is 0 Å². The summed E-state index contributed by atoms with van der Waals surface area (Å²) in [5.41, 5.74) is 6.04. The van der Waals surface area contributed by atoms with E-state index in [0.29, 0.717) is 4.47 Å². The highest BCUT2D eigenvalue weighted by Crippen LogP contribution is 2.27. The minimum atomic E-state index is -3.94. The molecule has 0 saturated carbocycles. The van der Waals surface area contributed by atoms with Gasteiger partial charge in [0, 0.05) is 10.7 Å². The summed E-state index contributed by atoms with van der Waals surface area (Å²) in [5, 5.41) is 8.76. The van der Waals surface area contributed by atoms with E-state index in [2.05, 4.69) is 25.6 Å². The van der Waals surface area contributed by atoms with Crippen LogP contribution in [-0.2, 0) is 10.0 Å². The van der Waals surface area contributed by atoms with Crippen molar-refractivity contribution in [3.05, 3.63) is 45.7 Å². The number of hydrogen-bond acceptors (Lipinski definition) is 5. The Bertz CT molecular complexity index is 849. The summed E-state index contributed by atoms with van der Waals surface area (Å²) in [6.07, 6.45) is 1.44. The topological polar surface area (TPSA) is 109 Å². The van der Waals surface area contributed by atoms with Gasteiger partial charge in [-0.25, -0.2) is 13.4 Å². The molecule has 1 heterocycles. The lowest BCUT2D eigenvalue weighted by Crippen LogP contribution is -2.15. The van der Waals surface area contributed by atoms with E-state index < -0.39 is 10.0 Å². The van der Waals surface area contributed by atoms with Crippen molar-refractivity contribution in [2.45, 2.75) is 4.90 Å². The van der Waals surface area contributed by atoms with Crippen LogP contribution < -0.4 is 10.5 Å². The second kappa shape index (κ2) is 5.89. The fourth-order valence-corrected chi connectivity index (χ4v) is 3.27. The van der Waals surface area contributed by atoms with E-state index in [-0.39, 0.29) is 27.0 Å². The molecule has 0 saturated heterocycles. The lowest BCUT2D eigenvalue weighted by Gasteiger charge is -2.11. The van der Waals surface area contributed by atoms with Crippen LogP contribution in [0.2, 0.25) is 5.15 Å². The summed E-state index contributed by atoms with van der Waals surface area (Å²) in [7, 11) is -3.94. The monoisotopic (exact) mass is 386 g/mol. The van der Waals surface area contributed by atoms with Crippen molar-refractivity contribution in [2.24, 2.45) is 0 Å². The largest absolute Gasteiger partial charge is 0.398 e. The van der Waals surface area contributed by atoms with Gasteiger partial charge in [0.2, 0.25) is 0 Å². The Hall–Kier alpha value is -1.82. The normalized spacial score (nSPS) is 10.9. The molecule has 0 atom stereocenters. The fraction of sp³-hybridized carbons (Fsp3) is 0. The molecule has 1 aromatic carbocycles. The van der Waals surface area contributed by atoms with Gasteiger partial charge in [0.1, 0.15) is 4.90 Å². The molecular formula is C12H8BrClN4O2S. The molecular weight excluding hydrogens is 380 g/mol. The molecule has 0 bridgehead atoms. The third kappa shape index (κ3) is 3.44. The van der Waals surface area contributed by atoms with Crippen LogP contribution in [-0.4, -0.2) is 13.4 Å². The van der Waals surface area contributed by atoms with Crippen molar-refractivity contribution >= 4 is 48.9 Å². The van der Waals surface area contributed by atoms with Crippen molar-refractivity contribution in [2.75, 3.05) is 10.5 Å². The number of pyridine rings is 1. The third-order valence-corrected chi connectivity index (χ3v) is 4.65. The molecule has 0 aliphatic rings. The van der Waals surface area contributed by atoms with E-state index in [1.165, 1.54) is 30.5 Å². The number of nitrogen functional groups attached to an aromatic ring is 1. The van der Waals surface area contributed by atoms with Crippen molar-refractivity contribution < 1.29 is 8.42 Å². The zero-order valence-corrected chi connectivity index (χ0v) is 13.5. The van der Waals surface area contributed by atoms with Crippen LogP contribution in [0.1, 0.15) is 5.56 Å². The molecule has 0 fully saturated rings. The summed E-state index contributed by atoms with van der Waals surface area (Å²) in [5.74, 6) is 0. The standard InChI is InChI=1S/C12H8BrClN4O2S/c13-8-4-10(12(14)17-6-8)18-21(19,20)11-2-1-7(5-15)3-9(11)16/h1-4,6,18H,16H2. The Morgan fingerprint density at radius 2 is 2.10 bits per heavy atom. The number of nitrogens with two attached hydrogens (primary N) is 1. The zero-order valence-electron chi connectivity index (χ0n) is 10.3. The van der Waals surface area contributed by atoms with Gasteiger partial charge in [0.25, 0.3) is 10.0 Å². The van der Waals surface area contributed by atoms with Gasteiger partial charge in [-0.05, 0) is 40.2 Å². The first-order valence-electron chi connectivity index (χ1n) is 5.47. The first kappa shape index (κ1) is 15.6. The summed E-state index contributed by atoms with van der Waals surface area (Å²) >= 11 is 9.02. The molecule has 0 amide bonds. The van der Waals surface area contributed by atoms with Gasteiger partial charge in [-0.15, -0.1) is 0 Å². The van der Waals surface area contributed by atoms with Crippen LogP contribution in [0.4, 0.5) is 11.4 Å². The Labute approximate surface area is 134 Å². The van der Waals surface area contributed by atoms with Crippen molar-refractivity contribution in [3.63, 3.8) is 0 Å². The second-order valence-corrected chi connectivity index (χ2v) is 6.89. The van der Waals surface area contributed by atoms with Gasteiger partial charge in [0.15, 0.2) is 5.15 Å². The van der Waals surface area contributed by atoms with Gasteiger partial charge in [-0.3, -0.25) is 4.72 Å². The van der Waals surface area contributed by atoms with Gasteiger partial charge >= 0.3 is 0 Å². The molecule has 0 aliphatic heterocycles. The van der Waals surface area contributed by atoms with Gasteiger partial charge < -0.3 is 5.73 Å². The average molecular weight is 388 g/mol. The maximum atomic E-state index is 12.3. The van der Waals surface area contributed by atoms with Crippen molar-refractivity contribution in [1.29, 1.82) is 5.26 Å². The van der Waals surface area contributed by atoms with Crippen LogP contribution in [0.15, 0.2) is 39.8 Å². The van der Waals surface area contributed by atoms with Gasteiger partial charge in [-0.2, -0.15) is 5.26 Å². The van der Waals surface area contributed by atoms with Crippen molar-refractivity contribution in [1.82, 2.24) is 4.98 Å². The van der Waals surface area contributed by atoms with Crippen LogP contribution in [0.25, 0.3) is 0 Å². The summed E-state index contributed by atoms with van der Waals surface area (Å²) < 4.78 is 27.5. The molecule has 0 aliphatic carbocycles. The first-order chi connectivity index (χ1) is 9.83. The summed E-state index contributed by atoms with van der Waals surface area (Å²) in [6.45, 7) is 0. The quantitative estimate of drug-likeness (QED) is 0.621. The van der Waals surface area contributed by atoms with Crippen LogP contribution >= 0.6 is 27.5 Å². The maximum absolute atomic E-state index is 12.3. The van der Waals surface area contributed by atoms with Gasteiger partial charge in [0.05, 0.1) is 23.0 Å². The molecule has 2 aromatic rings. The third-order valence-electron chi connectivity index (χ3n) is 2.48. The number of nitrogens with zero attached hydrogens (tertiary/aromatic N) is 2. The second-order valence-electron chi connectivity index (χ2n) is 3.96. The number of hydrogen-bond donors (Lipinski definition) is 2. The number of nitrogens with one attached hydrogen (secondary N) is 1. The lowest BCUT2D eigenvalue weighted by atomic mass is 10.2. The number of rotatable bonds is 3. The van der Waals surface area contributed by atoms with E-state index in [1.807, 2.05) is 6.07 Å². The first-order valence-corrected chi connectivity index (χ1v) is 8.12. The lowest BCUT2D eigenvalue weighted by molar-refractivity contribution is 0.601. The smallest absolute Gasteiger partial charge is 0.264 e. The number of halogens is 2. The fourth-order valence-electron chi connectivity index (χ4n) is 1.56. The van der Waals surface area contributed by atoms with E-state index in [4.69, 9.17) is 22.6 Å². The SMILES string of the molecule is N#Cc1ccc(S(=O)(=O)Nc2cc(Br)cnc2Cl)c(N)c1. The molecule has 0 unspecified atom stereocenters. The van der Waals surface area contributed by atoms with Crippen LogP contribution in [0, 0.1) is 11.3 Å². The Morgan fingerprint density at radius 1 is 1.38 bits per heavy atom.